The molecule has 3 amide bonds. The summed E-state index contributed by atoms with van der Waals surface area (Å²) in [5.41, 5.74) is 5.73. The third kappa shape index (κ3) is 3.96. The van der Waals surface area contributed by atoms with Gasteiger partial charge in [-0.1, -0.05) is 6.07 Å². The zero-order valence-corrected chi connectivity index (χ0v) is 12.6. The highest BCUT2D eigenvalue weighted by molar-refractivity contribution is 5.96. The van der Waals surface area contributed by atoms with E-state index in [2.05, 4.69) is 16.0 Å². The van der Waals surface area contributed by atoms with Crippen LogP contribution in [-0.2, 0) is 9.53 Å². The van der Waals surface area contributed by atoms with Crippen LogP contribution in [0.1, 0.15) is 12.8 Å². The number of methoxy groups -OCH3 is 1. The minimum Gasteiger partial charge on any atom is -0.384 e. The maximum Gasteiger partial charge on any atom is 0.316 e. The van der Waals surface area contributed by atoms with Crippen LogP contribution in [0.25, 0.3) is 0 Å². The topological polar surface area (TPSA) is 105 Å². The summed E-state index contributed by atoms with van der Waals surface area (Å²) in [7, 11) is 1.61. The summed E-state index contributed by atoms with van der Waals surface area (Å²) in [6.45, 7) is 1.97. The molecule has 1 aromatic rings. The fraction of sp³-hybridized carbons (Fsp3) is 0.467. The van der Waals surface area contributed by atoms with Crippen molar-refractivity contribution in [2.24, 2.45) is 11.1 Å². The first kappa shape index (κ1) is 16.3. The number of nitrogens with one attached hydrogen (secondary N) is 3. The van der Waals surface area contributed by atoms with E-state index in [1.54, 1.807) is 31.4 Å². The molecule has 0 aliphatic carbocycles. The molecule has 0 unspecified atom stereocenters. The van der Waals surface area contributed by atoms with Gasteiger partial charge in [0.15, 0.2) is 0 Å². The van der Waals surface area contributed by atoms with Gasteiger partial charge in [-0.2, -0.15) is 0 Å². The molecule has 1 aliphatic heterocycles. The maximum absolute atomic E-state index is 12.7. The van der Waals surface area contributed by atoms with Crippen molar-refractivity contribution in [3.05, 3.63) is 24.3 Å². The van der Waals surface area contributed by atoms with Crippen molar-refractivity contribution in [3.8, 4) is 0 Å². The fourth-order valence-electron chi connectivity index (χ4n) is 2.70. The number of carbonyl (C=O) groups is 2. The Morgan fingerprint density at radius 2 is 1.91 bits per heavy atom. The normalized spacial score (nSPS) is 16.8. The first-order chi connectivity index (χ1) is 10.6. The standard InChI is InChI=1S/C15H22N4O3/c1-22-10-15(5-7-17-8-6-15)13(20)18-11-3-2-4-12(9-11)19-14(16)21/h2-4,9,17H,5-8,10H2,1H3,(H,18,20)(H3,16,19,21). The molecule has 0 atom stereocenters. The van der Waals surface area contributed by atoms with Gasteiger partial charge < -0.3 is 26.4 Å². The van der Waals surface area contributed by atoms with Gasteiger partial charge in [0.25, 0.3) is 0 Å². The molecule has 7 heteroatoms. The Hall–Kier alpha value is -2.12. The summed E-state index contributed by atoms with van der Waals surface area (Å²) in [5, 5.41) is 8.65. The van der Waals surface area contributed by atoms with Gasteiger partial charge in [0.05, 0.1) is 12.0 Å². The summed E-state index contributed by atoms with van der Waals surface area (Å²) in [5.74, 6) is -0.0629. The van der Waals surface area contributed by atoms with Crippen LogP contribution in [0, 0.1) is 5.41 Å². The highest BCUT2D eigenvalue weighted by atomic mass is 16.5. The predicted octanol–water partition coefficient (Wildman–Crippen LogP) is 1.13. The van der Waals surface area contributed by atoms with Gasteiger partial charge >= 0.3 is 6.03 Å². The molecule has 7 nitrogen and oxygen atoms in total. The van der Waals surface area contributed by atoms with E-state index in [9.17, 15) is 9.59 Å². The zero-order valence-electron chi connectivity index (χ0n) is 12.6. The molecule has 22 heavy (non-hydrogen) atoms. The number of hydrogen-bond donors (Lipinski definition) is 4. The average Bonchev–Trinajstić information content (AvgIpc) is 2.48. The Morgan fingerprint density at radius 1 is 1.27 bits per heavy atom. The summed E-state index contributed by atoms with van der Waals surface area (Å²) in [6, 6.07) is 6.25. The first-order valence-electron chi connectivity index (χ1n) is 7.23. The van der Waals surface area contributed by atoms with Crippen LogP contribution in [-0.4, -0.2) is 38.7 Å². The molecule has 5 N–H and O–H groups in total. The third-order valence-electron chi connectivity index (χ3n) is 3.85. The molecular formula is C15H22N4O3. The Morgan fingerprint density at radius 3 is 2.50 bits per heavy atom. The molecule has 1 aliphatic rings. The molecule has 0 saturated carbocycles. The molecule has 0 aromatic heterocycles. The first-order valence-corrected chi connectivity index (χ1v) is 7.23. The third-order valence-corrected chi connectivity index (χ3v) is 3.85. The summed E-state index contributed by atoms with van der Waals surface area (Å²) < 4.78 is 5.26. The number of hydrogen-bond acceptors (Lipinski definition) is 4. The van der Waals surface area contributed by atoms with Crippen molar-refractivity contribution < 1.29 is 14.3 Å². The Kier molecular flexibility index (Phi) is 5.35. The van der Waals surface area contributed by atoms with Gasteiger partial charge in [0.1, 0.15) is 0 Å². The molecule has 1 aromatic carbocycles. The number of nitrogens with two attached hydrogens (primary N) is 1. The molecule has 2 rings (SSSR count). The lowest BCUT2D eigenvalue weighted by atomic mass is 9.78. The van der Waals surface area contributed by atoms with E-state index >= 15 is 0 Å². The Balaban J connectivity index is 2.10. The number of piperidine rings is 1. The largest absolute Gasteiger partial charge is 0.384 e. The summed E-state index contributed by atoms with van der Waals surface area (Å²) >= 11 is 0. The lowest BCUT2D eigenvalue weighted by Crippen LogP contribution is -2.47. The van der Waals surface area contributed by atoms with Gasteiger partial charge in [0, 0.05) is 18.5 Å². The number of rotatable bonds is 5. The molecule has 0 spiro atoms. The van der Waals surface area contributed by atoms with E-state index in [1.807, 2.05) is 0 Å². The van der Waals surface area contributed by atoms with Crippen molar-refractivity contribution in [1.82, 2.24) is 5.32 Å². The SMILES string of the molecule is COCC1(C(=O)Nc2cccc(NC(N)=O)c2)CCNCC1. The monoisotopic (exact) mass is 306 g/mol. The average molecular weight is 306 g/mol. The zero-order chi connectivity index (χ0) is 16.0. The smallest absolute Gasteiger partial charge is 0.316 e. The number of ether oxygens (including phenoxy) is 1. The van der Waals surface area contributed by atoms with Crippen LogP contribution in [0.5, 0.6) is 0 Å². The van der Waals surface area contributed by atoms with Gasteiger partial charge in [-0.3, -0.25) is 4.79 Å². The van der Waals surface area contributed by atoms with Crippen LogP contribution in [0.2, 0.25) is 0 Å². The molecule has 1 fully saturated rings. The second-order valence-electron chi connectivity index (χ2n) is 5.49. The number of amides is 3. The van der Waals surface area contributed by atoms with Crippen molar-refractivity contribution in [2.75, 3.05) is 37.4 Å². The molecule has 1 heterocycles. The van der Waals surface area contributed by atoms with Gasteiger partial charge in [-0.25, -0.2) is 4.79 Å². The van der Waals surface area contributed by atoms with E-state index in [-0.39, 0.29) is 5.91 Å². The van der Waals surface area contributed by atoms with E-state index in [1.165, 1.54) is 0 Å². The van der Waals surface area contributed by atoms with Crippen LogP contribution in [0.3, 0.4) is 0 Å². The fourth-order valence-corrected chi connectivity index (χ4v) is 2.70. The number of primary amides is 1. The van der Waals surface area contributed by atoms with E-state index in [0.29, 0.717) is 18.0 Å². The minimum absolute atomic E-state index is 0.0629. The van der Waals surface area contributed by atoms with E-state index < -0.39 is 11.4 Å². The van der Waals surface area contributed by atoms with Gasteiger partial charge in [-0.15, -0.1) is 0 Å². The number of carbonyl (C=O) groups excluding carboxylic acids is 2. The highest BCUT2D eigenvalue weighted by Gasteiger charge is 2.39. The summed E-state index contributed by atoms with van der Waals surface area (Å²) in [4.78, 5) is 23.6. The van der Waals surface area contributed by atoms with Crippen molar-refractivity contribution >= 4 is 23.3 Å². The number of anilines is 2. The van der Waals surface area contributed by atoms with E-state index in [4.69, 9.17) is 10.5 Å². The molecule has 0 bridgehead atoms. The van der Waals surface area contributed by atoms with Gasteiger partial charge in [0.2, 0.25) is 5.91 Å². The molecular weight excluding hydrogens is 284 g/mol. The van der Waals surface area contributed by atoms with E-state index in [0.717, 1.165) is 25.9 Å². The maximum atomic E-state index is 12.7. The quantitative estimate of drug-likeness (QED) is 0.654. The Bertz CT molecular complexity index is 536. The second-order valence-corrected chi connectivity index (χ2v) is 5.49. The van der Waals surface area contributed by atoms with Gasteiger partial charge in [-0.05, 0) is 44.1 Å². The number of urea groups is 1. The van der Waals surface area contributed by atoms with Crippen LogP contribution in [0.4, 0.5) is 16.2 Å². The highest BCUT2D eigenvalue weighted by Crippen LogP contribution is 2.31. The number of benzene rings is 1. The van der Waals surface area contributed by atoms with Crippen molar-refractivity contribution in [1.29, 1.82) is 0 Å². The van der Waals surface area contributed by atoms with Crippen LogP contribution < -0.4 is 21.7 Å². The molecule has 0 radical (unpaired) electrons. The predicted molar refractivity (Wildman–Crippen MR) is 84.7 cm³/mol. The Labute approximate surface area is 129 Å². The second kappa shape index (κ2) is 7.24. The summed E-state index contributed by atoms with van der Waals surface area (Å²) in [6.07, 6.45) is 1.46. The molecule has 120 valence electrons. The van der Waals surface area contributed by atoms with Crippen molar-refractivity contribution in [2.45, 2.75) is 12.8 Å². The lowest BCUT2D eigenvalue weighted by Gasteiger charge is -2.35. The van der Waals surface area contributed by atoms with Crippen molar-refractivity contribution in [3.63, 3.8) is 0 Å². The minimum atomic E-state index is -0.641. The molecule has 1 saturated heterocycles. The lowest BCUT2D eigenvalue weighted by molar-refractivity contribution is -0.130. The van der Waals surface area contributed by atoms with Crippen LogP contribution >= 0.6 is 0 Å². The van der Waals surface area contributed by atoms with Crippen LogP contribution in [0.15, 0.2) is 24.3 Å².